The lowest BCUT2D eigenvalue weighted by Gasteiger charge is -2.05. The van der Waals surface area contributed by atoms with E-state index in [2.05, 4.69) is 10.5 Å². The summed E-state index contributed by atoms with van der Waals surface area (Å²) >= 11 is 0. The number of aryl methyl sites for hydroxylation is 1. The molecule has 0 radical (unpaired) electrons. The normalized spacial score (nSPS) is 11.1. The summed E-state index contributed by atoms with van der Waals surface area (Å²) in [7, 11) is 0. The van der Waals surface area contributed by atoms with Gasteiger partial charge in [-0.25, -0.2) is 9.07 Å². The molecule has 6 rings (SSSR count). The van der Waals surface area contributed by atoms with Crippen LogP contribution in [0.15, 0.2) is 108 Å². The van der Waals surface area contributed by atoms with Crippen molar-refractivity contribution in [3.8, 4) is 28.3 Å². The van der Waals surface area contributed by atoms with Crippen LogP contribution < -0.4 is 5.32 Å². The van der Waals surface area contributed by atoms with Gasteiger partial charge in [-0.05, 0) is 59.7 Å². The molecule has 0 saturated carbocycles. The molecule has 0 bridgehead atoms. The molecule has 0 fully saturated rings. The zero-order valence-corrected chi connectivity index (χ0v) is 20.6. The van der Waals surface area contributed by atoms with Gasteiger partial charge in [0.1, 0.15) is 5.82 Å². The van der Waals surface area contributed by atoms with Crippen molar-refractivity contribution in [2.24, 2.45) is 0 Å². The zero-order chi connectivity index (χ0) is 26.1. The Kier molecular flexibility index (Phi) is 6.01. The van der Waals surface area contributed by atoms with Gasteiger partial charge >= 0.3 is 0 Å². The highest BCUT2D eigenvalue weighted by atomic mass is 19.1. The van der Waals surface area contributed by atoms with E-state index in [1.54, 1.807) is 29.8 Å². The van der Waals surface area contributed by atoms with E-state index in [0.29, 0.717) is 17.0 Å². The molecule has 7 heteroatoms. The molecular formula is C31H23FN4O2. The fourth-order valence-electron chi connectivity index (χ4n) is 4.41. The summed E-state index contributed by atoms with van der Waals surface area (Å²) in [4.78, 5) is 13.0. The molecule has 0 aliphatic carbocycles. The largest absolute Gasteiger partial charge is 0.355 e. The average molecular weight is 503 g/mol. The summed E-state index contributed by atoms with van der Waals surface area (Å²) in [6, 6.07) is 30.2. The van der Waals surface area contributed by atoms with E-state index < -0.39 is 0 Å². The van der Waals surface area contributed by atoms with Crippen molar-refractivity contribution in [1.29, 1.82) is 0 Å². The number of amides is 1. The van der Waals surface area contributed by atoms with E-state index >= 15 is 0 Å². The van der Waals surface area contributed by atoms with Gasteiger partial charge in [0.15, 0.2) is 11.5 Å². The molecular weight excluding hydrogens is 479 g/mol. The molecule has 6 nitrogen and oxygen atoms in total. The van der Waals surface area contributed by atoms with Gasteiger partial charge in [0.05, 0.1) is 11.4 Å². The molecule has 0 aliphatic heterocycles. The van der Waals surface area contributed by atoms with Crippen molar-refractivity contribution in [2.75, 3.05) is 0 Å². The minimum absolute atomic E-state index is 0.183. The van der Waals surface area contributed by atoms with Crippen molar-refractivity contribution in [3.05, 3.63) is 126 Å². The molecule has 6 aromatic rings. The Balaban J connectivity index is 1.25. The van der Waals surface area contributed by atoms with Gasteiger partial charge in [0, 0.05) is 35.5 Å². The van der Waals surface area contributed by atoms with Crippen LogP contribution in [0.5, 0.6) is 0 Å². The first kappa shape index (κ1) is 23.4. The highest BCUT2D eigenvalue weighted by molar-refractivity contribution is 5.93. The minimum atomic E-state index is -0.366. The Labute approximate surface area is 218 Å². The van der Waals surface area contributed by atoms with E-state index in [1.807, 2.05) is 79.0 Å². The van der Waals surface area contributed by atoms with Crippen LogP contribution in [0.25, 0.3) is 39.0 Å². The fraction of sp³-hybridized carbons (Fsp3) is 0.0645. The number of fused-ring (bicyclic) bond motifs is 1. The predicted molar refractivity (Wildman–Crippen MR) is 144 cm³/mol. The molecule has 186 valence electrons. The van der Waals surface area contributed by atoms with E-state index in [1.165, 1.54) is 6.07 Å². The van der Waals surface area contributed by atoms with Crippen LogP contribution in [-0.4, -0.2) is 20.8 Å². The van der Waals surface area contributed by atoms with Crippen LogP contribution in [0.1, 0.15) is 21.6 Å². The Morgan fingerprint density at radius 3 is 2.47 bits per heavy atom. The predicted octanol–water partition coefficient (Wildman–Crippen LogP) is 6.73. The Morgan fingerprint density at radius 1 is 0.895 bits per heavy atom. The molecule has 2 heterocycles. The maximum atomic E-state index is 13.9. The van der Waals surface area contributed by atoms with Gasteiger partial charge in [0.25, 0.3) is 5.91 Å². The second-order valence-electron chi connectivity index (χ2n) is 9.07. The monoisotopic (exact) mass is 502 g/mol. The third kappa shape index (κ3) is 4.57. The standard InChI is InChI=1S/C31H23FN4O2/c1-20-15-24(13-14-27(20)32)30-25(19-36(34-30)26-9-3-2-4-10-26)18-33-31(37)28-17-29(38-35-28)23-12-11-21-7-5-6-8-22(21)16-23/h2-17,19H,18H2,1H3,(H,33,37). The third-order valence-corrected chi connectivity index (χ3v) is 6.46. The lowest BCUT2D eigenvalue weighted by molar-refractivity contribution is 0.0942. The highest BCUT2D eigenvalue weighted by Gasteiger charge is 2.17. The summed E-state index contributed by atoms with van der Waals surface area (Å²) in [5, 5.41) is 13.9. The number of carbonyl (C=O) groups excluding carboxylic acids is 1. The quantitative estimate of drug-likeness (QED) is 0.274. The van der Waals surface area contributed by atoms with Crippen molar-refractivity contribution < 1.29 is 13.7 Å². The topological polar surface area (TPSA) is 73.0 Å². The van der Waals surface area contributed by atoms with Crippen LogP contribution in [0.3, 0.4) is 0 Å². The lowest BCUT2D eigenvalue weighted by atomic mass is 10.1. The van der Waals surface area contributed by atoms with Gasteiger partial charge in [-0.1, -0.05) is 59.8 Å². The molecule has 0 atom stereocenters. The highest BCUT2D eigenvalue weighted by Crippen LogP contribution is 2.27. The maximum Gasteiger partial charge on any atom is 0.273 e. The first-order chi connectivity index (χ1) is 18.5. The van der Waals surface area contributed by atoms with E-state index in [9.17, 15) is 9.18 Å². The first-order valence-electron chi connectivity index (χ1n) is 12.2. The summed E-state index contributed by atoms with van der Waals surface area (Å²) < 4.78 is 21.2. The fourth-order valence-corrected chi connectivity index (χ4v) is 4.41. The van der Waals surface area contributed by atoms with Crippen LogP contribution in [0, 0.1) is 12.7 Å². The van der Waals surface area contributed by atoms with Crippen LogP contribution >= 0.6 is 0 Å². The molecule has 4 aromatic carbocycles. The summed E-state index contributed by atoms with van der Waals surface area (Å²) in [6.45, 7) is 1.92. The molecule has 1 N–H and O–H groups in total. The van der Waals surface area contributed by atoms with Crippen molar-refractivity contribution >= 4 is 16.7 Å². The smallest absolute Gasteiger partial charge is 0.273 e. The van der Waals surface area contributed by atoms with Crippen LogP contribution in [-0.2, 0) is 6.54 Å². The Morgan fingerprint density at radius 2 is 1.66 bits per heavy atom. The number of hydrogen-bond donors (Lipinski definition) is 1. The molecule has 1 amide bonds. The number of benzene rings is 4. The van der Waals surface area contributed by atoms with Gasteiger partial charge in [0.2, 0.25) is 0 Å². The summed E-state index contributed by atoms with van der Waals surface area (Å²) in [6.07, 6.45) is 1.87. The molecule has 38 heavy (non-hydrogen) atoms. The summed E-state index contributed by atoms with van der Waals surface area (Å²) in [5.74, 6) is -0.130. The van der Waals surface area contributed by atoms with E-state index in [4.69, 9.17) is 9.62 Å². The van der Waals surface area contributed by atoms with Gasteiger partial charge in [-0.3, -0.25) is 4.79 Å². The zero-order valence-electron chi connectivity index (χ0n) is 20.6. The molecule has 0 spiro atoms. The van der Waals surface area contributed by atoms with E-state index in [0.717, 1.165) is 33.2 Å². The number of hydrogen-bond acceptors (Lipinski definition) is 4. The van der Waals surface area contributed by atoms with Crippen LogP contribution in [0.4, 0.5) is 4.39 Å². The molecule has 0 aliphatic rings. The second kappa shape index (κ2) is 9.78. The molecule has 2 aromatic heterocycles. The third-order valence-electron chi connectivity index (χ3n) is 6.46. The number of halogens is 1. The Hall–Kier alpha value is -5.04. The SMILES string of the molecule is Cc1cc(-c2nn(-c3ccccc3)cc2CNC(=O)c2cc(-c3ccc4ccccc4c3)on2)ccc1F. The van der Waals surface area contributed by atoms with Gasteiger partial charge < -0.3 is 9.84 Å². The first-order valence-corrected chi connectivity index (χ1v) is 12.2. The molecule has 0 saturated heterocycles. The minimum Gasteiger partial charge on any atom is -0.355 e. The number of nitrogens with one attached hydrogen (secondary N) is 1. The molecule has 0 unspecified atom stereocenters. The number of carbonyl (C=O) groups is 1. The maximum absolute atomic E-state index is 13.9. The number of para-hydroxylation sites is 1. The van der Waals surface area contributed by atoms with Crippen molar-refractivity contribution in [3.63, 3.8) is 0 Å². The van der Waals surface area contributed by atoms with Gasteiger partial charge in [-0.15, -0.1) is 0 Å². The van der Waals surface area contributed by atoms with Gasteiger partial charge in [-0.2, -0.15) is 5.10 Å². The number of aromatic nitrogens is 3. The number of rotatable bonds is 6. The number of nitrogens with zero attached hydrogens (tertiary/aromatic N) is 3. The van der Waals surface area contributed by atoms with Crippen molar-refractivity contribution in [2.45, 2.75) is 13.5 Å². The van der Waals surface area contributed by atoms with Crippen LogP contribution in [0.2, 0.25) is 0 Å². The Bertz CT molecular complexity index is 1770. The summed E-state index contributed by atoms with van der Waals surface area (Å²) in [5.41, 5.74) is 4.64. The second-order valence-corrected chi connectivity index (χ2v) is 9.07. The lowest BCUT2D eigenvalue weighted by Crippen LogP contribution is -2.23. The van der Waals surface area contributed by atoms with Crippen molar-refractivity contribution in [1.82, 2.24) is 20.3 Å². The average Bonchev–Trinajstić information content (AvgIpc) is 3.62. The van der Waals surface area contributed by atoms with E-state index in [-0.39, 0.29) is 24.0 Å².